The monoisotopic (exact) mass is 498 g/mol. The molecule has 0 unspecified atom stereocenters. The van der Waals surface area contributed by atoms with Gasteiger partial charge in [0.25, 0.3) is 5.91 Å². The molecule has 2 amide bonds. The Bertz CT molecular complexity index is 1240. The van der Waals surface area contributed by atoms with Crippen molar-refractivity contribution in [2.45, 2.75) is 70.9 Å². The summed E-state index contributed by atoms with van der Waals surface area (Å²) >= 11 is 0. The number of aromatic nitrogens is 2. The van der Waals surface area contributed by atoms with Gasteiger partial charge in [0.2, 0.25) is 5.91 Å². The van der Waals surface area contributed by atoms with Gasteiger partial charge in [-0.05, 0) is 48.9 Å². The van der Waals surface area contributed by atoms with E-state index in [4.69, 9.17) is 0 Å². The SMILES string of the molecule is CC(=O)c1cccc(N(C(=O)c2cnccn2)[C@H](C(=O)NC2CCCCC2)c2ccc(C(C)C)cc2)c1. The lowest BCUT2D eigenvalue weighted by Gasteiger charge is -2.33. The van der Waals surface area contributed by atoms with E-state index in [1.54, 1.807) is 24.3 Å². The molecule has 0 bridgehead atoms. The molecule has 1 heterocycles. The van der Waals surface area contributed by atoms with E-state index >= 15 is 0 Å². The van der Waals surface area contributed by atoms with E-state index in [-0.39, 0.29) is 23.4 Å². The van der Waals surface area contributed by atoms with Crippen molar-refractivity contribution >= 4 is 23.3 Å². The molecule has 1 saturated carbocycles. The molecule has 7 nitrogen and oxygen atoms in total. The third kappa shape index (κ3) is 6.28. The summed E-state index contributed by atoms with van der Waals surface area (Å²) in [6, 6.07) is 13.7. The zero-order chi connectivity index (χ0) is 26.4. The Morgan fingerprint density at radius 3 is 2.27 bits per heavy atom. The molecule has 1 aliphatic carbocycles. The molecule has 0 saturated heterocycles. The van der Waals surface area contributed by atoms with Gasteiger partial charge in [0, 0.05) is 29.7 Å². The van der Waals surface area contributed by atoms with Crippen molar-refractivity contribution in [3.63, 3.8) is 0 Å². The van der Waals surface area contributed by atoms with Crippen LogP contribution in [0.5, 0.6) is 0 Å². The van der Waals surface area contributed by atoms with Crippen LogP contribution in [0.2, 0.25) is 0 Å². The summed E-state index contributed by atoms with van der Waals surface area (Å²) in [5.41, 5.74) is 2.84. The van der Waals surface area contributed by atoms with Crippen LogP contribution in [0.25, 0.3) is 0 Å². The van der Waals surface area contributed by atoms with Gasteiger partial charge in [0.05, 0.1) is 6.20 Å². The highest BCUT2D eigenvalue weighted by Gasteiger charge is 2.35. The smallest absolute Gasteiger partial charge is 0.279 e. The van der Waals surface area contributed by atoms with Gasteiger partial charge in [0.15, 0.2) is 5.78 Å². The number of hydrogen-bond acceptors (Lipinski definition) is 5. The lowest BCUT2D eigenvalue weighted by atomic mass is 9.94. The van der Waals surface area contributed by atoms with E-state index in [2.05, 4.69) is 29.1 Å². The van der Waals surface area contributed by atoms with Crippen molar-refractivity contribution in [2.24, 2.45) is 0 Å². The number of nitrogens with one attached hydrogen (secondary N) is 1. The Balaban J connectivity index is 1.84. The van der Waals surface area contributed by atoms with Gasteiger partial charge in [0.1, 0.15) is 11.7 Å². The van der Waals surface area contributed by atoms with E-state index in [9.17, 15) is 14.4 Å². The molecule has 1 atom stereocenters. The number of nitrogens with zero attached hydrogens (tertiary/aromatic N) is 3. The number of anilines is 1. The zero-order valence-electron chi connectivity index (χ0n) is 21.7. The minimum absolute atomic E-state index is 0.0655. The average Bonchev–Trinajstić information content (AvgIpc) is 2.92. The summed E-state index contributed by atoms with van der Waals surface area (Å²) in [5, 5.41) is 3.21. The molecule has 0 aliphatic heterocycles. The van der Waals surface area contributed by atoms with E-state index < -0.39 is 11.9 Å². The fourth-order valence-corrected chi connectivity index (χ4v) is 4.80. The number of ketones is 1. The highest BCUT2D eigenvalue weighted by Crippen LogP contribution is 2.32. The number of hydrogen-bond donors (Lipinski definition) is 1. The van der Waals surface area contributed by atoms with E-state index in [1.807, 2.05) is 24.3 Å². The van der Waals surface area contributed by atoms with Crippen molar-refractivity contribution in [2.75, 3.05) is 4.90 Å². The molecule has 1 aliphatic rings. The Labute approximate surface area is 218 Å². The second-order valence-corrected chi connectivity index (χ2v) is 9.94. The summed E-state index contributed by atoms with van der Waals surface area (Å²) < 4.78 is 0. The Morgan fingerprint density at radius 2 is 1.65 bits per heavy atom. The predicted molar refractivity (Wildman–Crippen MR) is 144 cm³/mol. The third-order valence-corrected chi connectivity index (χ3v) is 6.91. The molecule has 1 aromatic heterocycles. The normalized spacial score (nSPS) is 14.7. The van der Waals surface area contributed by atoms with E-state index in [0.29, 0.717) is 22.7 Å². The van der Waals surface area contributed by atoms with Crippen LogP contribution in [0.15, 0.2) is 67.1 Å². The number of carbonyl (C=O) groups is 3. The topological polar surface area (TPSA) is 92.3 Å². The standard InChI is InChI=1S/C30H34N4O3/c1-20(2)22-12-14-23(15-13-22)28(29(36)33-25-9-5-4-6-10-25)34(30(37)27-19-31-16-17-32-27)26-11-7-8-24(18-26)21(3)35/h7-8,11-20,25,28H,4-6,9-10H2,1-3H3,(H,33,36)/t28-/m0/s1. The number of carbonyl (C=O) groups excluding carboxylic acids is 3. The van der Waals surface area contributed by atoms with Crippen molar-refractivity contribution in [3.05, 3.63) is 89.5 Å². The van der Waals surface area contributed by atoms with Gasteiger partial charge in [-0.2, -0.15) is 0 Å². The molecular weight excluding hydrogens is 464 g/mol. The van der Waals surface area contributed by atoms with Crippen LogP contribution in [0.1, 0.15) is 96.8 Å². The van der Waals surface area contributed by atoms with Crippen molar-refractivity contribution in [1.29, 1.82) is 0 Å². The molecule has 37 heavy (non-hydrogen) atoms. The van der Waals surface area contributed by atoms with Crippen molar-refractivity contribution in [1.82, 2.24) is 15.3 Å². The first kappa shape index (κ1) is 26.2. The molecule has 7 heteroatoms. The molecule has 192 valence electrons. The second-order valence-electron chi connectivity index (χ2n) is 9.94. The van der Waals surface area contributed by atoms with Crippen LogP contribution in [-0.4, -0.2) is 33.6 Å². The van der Waals surface area contributed by atoms with Gasteiger partial charge >= 0.3 is 0 Å². The number of benzene rings is 2. The molecule has 1 N–H and O–H groups in total. The lowest BCUT2D eigenvalue weighted by Crippen LogP contribution is -2.47. The molecular formula is C30H34N4O3. The largest absolute Gasteiger partial charge is 0.351 e. The molecule has 2 aromatic carbocycles. The minimum atomic E-state index is -0.958. The number of rotatable bonds is 8. The van der Waals surface area contributed by atoms with Crippen LogP contribution in [0.4, 0.5) is 5.69 Å². The van der Waals surface area contributed by atoms with Crippen LogP contribution in [0.3, 0.4) is 0 Å². The Morgan fingerprint density at radius 1 is 0.946 bits per heavy atom. The zero-order valence-corrected chi connectivity index (χ0v) is 21.7. The summed E-state index contributed by atoms with van der Waals surface area (Å²) in [7, 11) is 0. The fourth-order valence-electron chi connectivity index (χ4n) is 4.80. The second kappa shape index (κ2) is 11.9. The van der Waals surface area contributed by atoms with Gasteiger partial charge in [-0.3, -0.25) is 24.3 Å². The summed E-state index contributed by atoms with van der Waals surface area (Å²) in [4.78, 5) is 49.9. The Hall–Kier alpha value is -3.87. The molecule has 0 spiro atoms. The average molecular weight is 499 g/mol. The number of Topliss-reactive ketones (excluding diaryl/α,β-unsaturated/α-hetero) is 1. The van der Waals surface area contributed by atoms with E-state index in [1.165, 1.54) is 36.8 Å². The van der Waals surface area contributed by atoms with Crippen molar-refractivity contribution in [3.8, 4) is 0 Å². The molecule has 0 radical (unpaired) electrons. The maximum absolute atomic E-state index is 14.0. The Kier molecular flexibility index (Phi) is 8.43. The molecule has 1 fully saturated rings. The van der Waals surface area contributed by atoms with Gasteiger partial charge in [-0.1, -0.05) is 69.5 Å². The molecule has 4 rings (SSSR count). The predicted octanol–water partition coefficient (Wildman–Crippen LogP) is 5.64. The van der Waals surface area contributed by atoms with Crippen LogP contribution in [0, 0.1) is 0 Å². The van der Waals surface area contributed by atoms with Gasteiger partial charge in [-0.25, -0.2) is 4.98 Å². The van der Waals surface area contributed by atoms with Crippen LogP contribution in [-0.2, 0) is 4.79 Å². The summed E-state index contributed by atoms with van der Waals surface area (Å²) in [5.74, 6) is -0.522. The highest BCUT2D eigenvalue weighted by atomic mass is 16.2. The highest BCUT2D eigenvalue weighted by molar-refractivity contribution is 6.09. The quantitative estimate of drug-likeness (QED) is 0.406. The van der Waals surface area contributed by atoms with Gasteiger partial charge < -0.3 is 5.32 Å². The van der Waals surface area contributed by atoms with Crippen LogP contribution >= 0.6 is 0 Å². The van der Waals surface area contributed by atoms with E-state index in [0.717, 1.165) is 31.2 Å². The van der Waals surface area contributed by atoms with Gasteiger partial charge in [-0.15, -0.1) is 0 Å². The van der Waals surface area contributed by atoms with Crippen molar-refractivity contribution < 1.29 is 14.4 Å². The maximum atomic E-state index is 14.0. The minimum Gasteiger partial charge on any atom is -0.351 e. The van der Waals surface area contributed by atoms with Crippen LogP contribution < -0.4 is 10.2 Å². The first-order valence-electron chi connectivity index (χ1n) is 13.0. The maximum Gasteiger partial charge on any atom is 0.279 e. The molecule has 3 aromatic rings. The summed E-state index contributed by atoms with van der Waals surface area (Å²) in [6.45, 7) is 5.70. The first-order valence-corrected chi connectivity index (χ1v) is 13.0. The first-order chi connectivity index (χ1) is 17.8. The number of amides is 2. The lowest BCUT2D eigenvalue weighted by molar-refractivity contribution is -0.123. The fraction of sp³-hybridized carbons (Fsp3) is 0.367. The third-order valence-electron chi connectivity index (χ3n) is 6.91. The summed E-state index contributed by atoms with van der Waals surface area (Å²) in [6.07, 6.45) is 9.49.